The van der Waals surface area contributed by atoms with E-state index in [1.165, 1.54) is 23.5 Å². The van der Waals surface area contributed by atoms with Gasteiger partial charge in [-0.3, -0.25) is 0 Å². The molecule has 0 amide bonds. The Balaban J connectivity index is 1.61. The molecule has 0 atom stereocenters. The van der Waals surface area contributed by atoms with Crippen molar-refractivity contribution in [2.45, 2.75) is 24.7 Å². The van der Waals surface area contributed by atoms with Crippen molar-refractivity contribution >= 4 is 10.0 Å². The van der Waals surface area contributed by atoms with E-state index in [0.29, 0.717) is 38.4 Å². The highest BCUT2D eigenvalue weighted by Crippen LogP contribution is 2.30. The van der Waals surface area contributed by atoms with Gasteiger partial charge in [0, 0.05) is 19.2 Å². The molecule has 1 aliphatic heterocycles. The van der Waals surface area contributed by atoms with Gasteiger partial charge in [0.05, 0.1) is 19.4 Å². The Labute approximate surface area is 158 Å². The maximum Gasteiger partial charge on any atom is 0.246 e. The molecule has 0 radical (unpaired) electrons. The highest BCUT2D eigenvalue weighted by Gasteiger charge is 2.32. The molecule has 0 bridgehead atoms. The van der Waals surface area contributed by atoms with Crippen LogP contribution in [0.15, 0.2) is 35.2 Å². The third-order valence-electron chi connectivity index (χ3n) is 4.56. The van der Waals surface area contributed by atoms with Gasteiger partial charge in [-0.25, -0.2) is 12.8 Å². The van der Waals surface area contributed by atoms with E-state index in [0.717, 1.165) is 11.8 Å². The molecule has 1 aromatic heterocycles. The lowest BCUT2D eigenvalue weighted by atomic mass is 9.99. The van der Waals surface area contributed by atoms with Gasteiger partial charge in [0.1, 0.15) is 16.5 Å². The van der Waals surface area contributed by atoms with Crippen LogP contribution in [0.25, 0.3) is 0 Å². The molecular weight excluding hydrogens is 373 g/mol. The first-order valence-electron chi connectivity index (χ1n) is 8.67. The molecule has 0 unspecified atom stereocenters. The van der Waals surface area contributed by atoms with Gasteiger partial charge in [-0.2, -0.15) is 9.40 Å². The van der Waals surface area contributed by atoms with Gasteiger partial charge in [-0.1, -0.05) is 0 Å². The Bertz CT molecular complexity index is 882. The molecule has 0 aliphatic carbocycles. The first-order chi connectivity index (χ1) is 12.9. The van der Waals surface area contributed by atoms with Crippen molar-refractivity contribution in [3.8, 4) is 11.6 Å². The van der Waals surface area contributed by atoms with Crippen LogP contribution in [0.3, 0.4) is 0 Å². The van der Waals surface area contributed by atoms with E-state index in [4.69, 9.17) is 9.47 Å². The summed E-state index contributed by atoms with van der Waals surface area (Å²) in [6.45, 7) is 2.99. The number of sulfonamides is 1. The highest BCUT2D eigenvalue weighted by atomic mass is 32.2. The number of halogens is 1. The number of piperidine rings is 1. The molecule has 2 aromatic rings. The standard InChI is InChI=1S/C18H22FN3O4S/c1-13-3-6-18(21-20-13)26-12-14-7-9-22(10-8-14)27(23,24)17-11-15(19)4-5-16(17)25-2/h3-6,11,14H,7-10,12H2,1-2H3. The van der Waals surface area contributed by atoms with Crippen molar-refractivity contribution in [1.29, 1.82) is 0 Å². The first-order valence-corrected chi connectivity index (χ1v) is 10.1. The second kappa shape index (κ2) is 8.18. The molecule has 7 nitrogen and oxygen atoms in total. The van der Waals surface area contributed by atoms with Gasteiger partial charge >= 0.3 is 0 Å². The summed E-state index contributed by atoms with van der Waals surface area (Å²) < 4.78 is 51.4. The van der Waals surface area contributed by atoms with Crippen LogP contribution in [0.2, 0.25) is 0 Å². The van der Waals surface area contributed by atoms with Crippen molar-refractivity contribution in [2.24, 2.45) is 5.92 Å². The number of benzene rings is 1. The van der Waals surface area contributed by atoms with Crippen LogP contribution >= 0.6 is 0 Å². The minimum atomic E-state index is -3.82. The van der Waals surface area contributed by atoms with Gasteiger partial charge in [-0.15, -0.1) is 5.10 Å². The summed E-state index contributed by atoms with van der Waals surface area (Å²) in [7, 11) is -2.45. The van der Waals surface area contributed by atoms with Gasteiger partial charge in [-0.05, 0) is 49.9 Å². The van der Waals surface area contributed by atoms with E-state index in [1.54, 1.807) is 6.07 Å². The van der Waals surface area contributed by atoms with Gasteiger partial charge in [0.15, 0.2) is 0 Å². The third kappa shape index (κ3) is 4.54. The van der Waals surface area contributed by atoms with Crippen LogP contribution in [0.4, 0.5) is 4.39 Å². The summed E-state index contributed by atoms with van der Waals surface area (Å²) in [5.41, 5.74) is 0.814. The Kier molecular flexibility index (Phi) is 5.91. The first kappa shape index (κ1) is 19.5. The largest absolute Gasteiger partial charge is 0.495 e. The quantitative estimate of drug-likeness (QED) is 0.747. The van der Waals surface area contributed by atoms with E-state index >= 15 is 0 Å². The van der Waals surface area contributed by atoms with Crippen LogP contribution in [0.5, 0.6) is 11.6 Å². The van der Waals surface area contributed by atoms with Crippen molar-refractivity contribution < 1.29 is 22.3 Å². The van der Waals surface area contributed by atoms with Crippen LogP contribution < -0.4 is 9.47 Å². The molecular formula is C18H22FN3O4S. The Morgan fingerprint density at radius 3 is 2.56 bits per heavy atom. The average Bonchev–Trinajstić information content (AvgIpc) is 2.68. The molecule has 27 heavy (non-hydrogen) atoms. The number of methoxy groups -OCH3 is 1. The van der Waals surface area contributed by atoms with Crippen molar-refractivity contribution in [3.05, 3.63) is 41.8 Å². The fourth-order valence-electron chi connectivity index (χ4n) is 2.97. The number of hydrogen-bond donors (Lipinski definition) is 0. The normalized spacial score (nSPS) is 16.3. The van der Waals surface area contributed by atoms with Crippen molar-refractivity contribution in [2.75, 3.05) is 26.8 Å². The van der Waals surface area contributed by atoms with Crippen LogP contribution in [0, 0.1) is 18.7 Å². The van der Waals surface area contributed by atoms with E-state index in [1.807, 2.05) is 13.0 Å². The SMILES string of the molecule is COc1ccc(F)cc1S(=O)(=O)N1CCC(COc2ccc(C)nn2)CC1. The topological polar surface area (TPSA) is 81.6 Å². The van der Waals surface area contributed by atoms with E-state index in [2.05, 4.69) is 10.2 Å². The lowest BCUT2D eigenvalue weighted by Crippen LogP contribution is -2.39. The maximum absolute atomic E-state index is 13.6. The molecule has 1 aliphatic rings. The molecule has 0 spiro atoms. The smallest absolute Gasteiger partial charge is 0.246 e. The fourth-order valence-corrected chi connectivity index (χ4v) is 4.61. The molecule has 1 fully saturated rings. The molecule has 0 saturated carbocycles. The summed E-state index contributed by atoms with van der Waals surface area (Å²) in [5.74, 6) is 0.200. The lowest BCUT2D eigenvalue weighted by Gasteiger charge is -2.31. The fraction of sp³-hybridized carbons (Fsp3) is 0.444. The Morgan fingerprint density at radius 1 is 1.19 bits per heavy atom. The molecule has 1 saturated heterocycles. The zero-order valence-electron chi connectivity index (χ0n) is 15.3. The zero-order chi connectivity index (χ0) is 19.4. The van der Waals surface area contributed by atoms with Crippen LogP contribution in [-0.2, 0) is 10.0 Å². The van der Waals surface area contributed by atoms with E-state index in [-0.39, 0.29) is 16.6 Å². The molecule has 146 valence electrons. The minimum absolute atomic E-state index is 0.139. The number of aromatic nitrogens is 2. The number of rotatable bonds is 6. The Morgan fingerprint density at radius 2 is 1.93 bits per heavy atom. The maximum atomic E-state index is 13.6. The van der Waals surface area contributed by atoms with E-state index < -0.39 is 15.8 Å². The third-order valence-corrected chi connectivity index (χ3v) is 6.48. The molecule has 2 heterocycles. The molecule has 0 N–H and O–H groups in total. The number of nitrogens with zero attached hydrogens (tertiary/aromatic N) is 3. The van der Waals surface area contributed by atoms with Crippen LogP contribution in [-0.4, -0.2) is 49.7 Å². The molecule has 1 aromatic carbocycles. The minimum Gasteiger partial charge on any atom is -0.495 e. The van der Waals surface area contributed by atoms with Gasteiger partial charge in [0.25, 0.3) is 0 Å². The highest BCUT2D eigenvalue weighted by molar-refractivity contribution is 7.89. The summed E-state index contributed by atoms with van der Waals surface area (Å²) in [4.78, 5) is -0.144. The monoisotopic (exact) mass is 395 g/mol. The molecule has 9 heteroatoms. The zero-order valence-corrected chi connectivity index (χ0v) is 16.1. The summed E-state index contributed by atoms with van der Waals surface area (Å²) in [6, 6.07) is 7.09. The van der Waals surface area contributed by atoms with Crippen molar-refractivity contribution in [3.63, 3.8) is 0 Å². The average molecular weight is 395 g/mol. The predicted molar refractivity (Wildman–Crippen MR) is 96.7 cm³/mol. The second-order valence-corrected chi connectivity index (χ2v) is 8.37. The summed E-state index contributed by atoms with van der Waals surface area (Å²) in [5, 5.41) is 7.90. The van der Waals surface area contributed by atoms with Crippen LogP contribution in [0.1, 0.15) is 18.5 Å². The summed E-state index contributed by atoms with van der Waals surface area (Å²) in [6.07, 6.45) is 1.30. The number of ether oxygens (including phenoxy) is 2. The van der Waals surface area contributed by atoms with Gasteiger partial charge < -0.3 is 9.47 Å². The van der Waals surface area contributed by atoms with Gasteiger partial charge in [0.2, 0.25) is 15.9 Å². The summed E-state index contributed by atoms with van der Waals surface area (Å²) >= 11 is 0. The van der Waals surface area contributed by atoms with E-state index in [9.17, 15) is 12.8 Å². The predicted octanol–water partition coefficient (Wildman–Crippen LogP) is 2.41. The Hall–Kier alpha value is -2.26. The number of aryl methyl sites for hydroxylation is 1. The van der Waals surface area contributed by atoms with Crippen molar-refractivity contribution in [1.82, 2.24) is 14.5 Å². The number of hydrogen-bond acceptors (Lipinski definition) is 6. The molecule has 3 rings (SSSR count). The lowest BCUT2D eigenvalue weighted by molar-refractivity contribution is 0.179. The second-order valence-electron chi connectivity index (χ2n) is 6.47.